The number of aromatic nitrogens is 1. The molecule has 2 aromatic heterocycles. The van der Waals surface area contributed by atoms with Gasteiger partial charge in [0.1, 0.15) is 0 Å². The molecule has 144 valence electrons. The molecular formula is C23H18FN3O2. The van der Waals surface area contributed by atoms with Crippen LogP contribution in [0.1, 0.15) is 10.4 Å². The second-order valence-electron chi connectivity index (χ2n) is 6.48. The SMILES string of the molecule is O=C(CF)Nc1ccccc1-c1cccc(NC(=O)c2ccn3ccccc23)c1. The largest absolute Gasteiger partial charge is 0.323 e. The Morgan fingerprint density at radius 2 is 1.69 bits per heavy atom. The van der Waals surface area contributed by atoms with Crippen LogP contribution >= 0.6 is 0 Å². The molecule has 0 aliphatic carbocycles. The molecule has 29 heavy (non-hydrogen) atoms. The van der Waals surface area contributed by atoms with Gasteiger partial charge in [0.25, 0.3) is 11.8 Å². The van der Waals surface area contributed by atoms with Gasteiger partial charge in [0.05, 0.1) is 11.1 Å². The Morgan fingerprint density at radius 1 is 0.862 bits per heavy atom. The molecule has 5 nitrogen and oxygen atoms in total. The molecule has 0 atom stereocenters. The van der Waals surface area contributed by atoms with E-state index < -0.39 is 12.6 Å². The second kappa shape index (κ2) is 7.98. The number of nitrogens with one attached hydrogen (secondary N) is 2. The molecule has 0 bridgehead atoms. The molecule has 0 fully saturated rings. The lowest BCUT2D eigenvalue weighted by atomic mass is 10.0. The van der Waals surface area contributed by atoms with E-state index in [0.29, 0.717) is 16.9 Å². The van der Waals surface area contributed by atoms with Crippen molar-refractivity contribution in [3.05, 3.63) is 90.8 Å². The quantitative estimate of drug-likeness (QED) is 0.518. The molecular weight excluding hydrogens is 369 g/mol. The summed E-state index contributed by atoms with van der Waals surface area (Å²) in [5.74, 6) is -0.919. The molecule has 4 rings (SSSR count). The zero-order chi connectivity index (χ0) is 20.2. The van der Waals surface area contributed by atoms with Gasteiger partial charge in [0.15, 0.2) is 6.67 Å². The first-order valence-electron chi connectivity index (χ1n) is 9.08. The monoisotopic (exact) mass is 387 g/mol. The first-order chi connectivity index (χ1) is 14.2. The number of para-hydroxylation sites is 1. The van der Waals surface area contributed by atoms with Crippen LogP contribution in [-0.2, 0) is 4.79 Å². The number of rotatable bonds is 5. The Bertz CT molecular complexity index is 1200. The standard InChI is InChI=1S/C23H18FN3O2/c24-15-22(28)26-20-9-2-1-8-18(20)16-6-5-7-17(14-16)25-23(29)19-11-13-27-12-4-3-10-21(19)27/h1-14H,15H2,(H,25,29)(H,26,28). The van der Waals surface area contributed by atoms with Crippen LogP contribution < -0.4 is 10.6 Å². The molecule has 0 aliphatic heterocycles. The summed E-state index contributed by atoms with van der Waals surface area (Å²) in [6.07, 6.45) is 3.72. The Kier molecular flexibility index (Phi) is 5.07. The van der Waals surface area contributed by atoms with Crippen molar-refractivity contribution in [2.24, 2.45) is 0 Å². The van der Waals surface area contributed by atoms with Gasteiger partial charge in [-0.2, -0.15) is 0 Å². The van der Waals surface area contributed by atoms with Gasteiger partial charge >= 0.3 is 0 Å². The Morgan fingerprint density at radius 3 is 2.55 bits per heavy atom. The molecule has 2 aromatic carbocycles. The van der Waals surface area contributed by atoms with Crippen LogP contribution in [0.25, 0.3) is 16.6 Å². The van der Waals surface area contributed by atoms with E-state index in [-0.39, 0.29) is 5.91 Å². The van der Waals surface area contributed by atoms with Crippen molar-refractivity contribution in [2.45, 2.75) is 0 Å². The maximum Gasteiger partial charge on any atom is 0.257 e. The number of amides is 2. The van der Waals surface area contributed by atoms with Crippen molar-refractivity contribution in [1.82, 2.24) is 4.40 Å². The first kappa shape index (κ1) is 18.4. The van der Waals surface area contributed by atoms with Gasteiger partial charge in [0.2, 0.25) is 0 Å². The Balaban J connectivity index is 1.62. The number of halogens is 1. The number of carbonyl (C=O) groups is 2. The van der Waals surface area contributed by atoms with E-state index >= 15 is 0 Å². The second-order valence-corrected chi connectivity index (χ2v) is 6.48. The summed E-state index contributed by atoms with van der Waals surface area (Å²) in [5, 5.41) is 5.48. The zero-order valence-electron chi connectivity index (χ0n) is 15.4. The lowest BCUT2D eigenvalue weighted by Crippen LogP contribution is -2.14. The fourth-order valence-electron chi connectivity index (χ4n) is 3.24. The number of pyridine rings is 1. The highest BCUT2D eigenvalue weighted by atomic mass is 19.1. The molecule has 2 N–H and O–H groups in total. The smallest absolute Gasteiger partial charge is 0.257 e. The third-order valence-corrected chi connectivity index (χ3v) is 4.57. The molecule has 0 radical (unpaired) electrons. The minimum absolute atomic E-state index is 0.213. The normalized spacial score (nSPS) is 10.7. The topological polar surface area (TPSA) is 62.6 Å². The van der Waals surface area contributed by atoms with Crippen LogP contribution in [0.2, 0.25) is 0 Å². The van der Waals surface area contributed by atoms with Crippen molar-refractivity contribution in [1.29, 1.82) is 0 Å². The van der Waals surface area contributed by atoms with Crippen molar-refractivity contribution in [3.8, 4) is 11.1 Å². The van der Waals surface area contributed by atoms with Crippen LogP contribution in [0.4, 0.5) is 15.8 Å². The maximum absolute atomic E-state index is 12.8. The molecule has 2 heterocycles. The Hall–Kier alpha value is -3.93. The van der Waals surface area contributed by atoms with E-state index in [1.165, 1.54) is 0 Å². The number of hydrogen-bond donors (Lipinski definition) is 2. The summed E-state index contributed by atoms with van der Waals surface area (Å²) >= 11 is 0. The summed E-state index contributed by atoms with van der Waals surface area (Å²) in [4.78, 5) is 24.2. The summed E-state index contributed by atoms with van der Waals surface area (Å²) in [6, 6.07) is 21.9. The maximum atomic E-state index is 12.8. The highest BCUT2D eigenvalue weighted by Gasteiger charge is 2.13. The fourth-order valence-corrected chi connectivity index (χ4v) is 3.24. The number of nitrogens with zero attached hydrogens (tertiary/aromatic N) is 1. The first-order valence-corrected chi connectivity index (χ1v) is 9.08. The third kappa shape index (κ3) is 3.87. The Labute approximate surface area is 166 Å². The van der Waals surface area contributed by atoms with Gasteiger partial charge in [-0.3, -0.25) is 9.59 Å². The number of anilines is 2. The summed E-state index contributed by atoms with van der Waals surface area (Å²) in [5.41, 5.74) is 4.05. The predicted octanol–water partition coefficient (Wildman–Crippen LogP) is 4.77. The van der Waals surface area contributed by atoms with E-state index in [4.69, 9.17) is 0 Å². The van der Waals surface area contributed by atoms with Gasteiger partial charge in [0, 0.05) is 29.3 Å². The van der Waals surface area contributed by atoms with Gasteiger partial charge < -0.3 is 15.0 Å². The minimum Gasteiger partial charge on any atom is -0.323 e. The molecule has 0 spiro atoms. The molecule has 4 aromatic rings. The lowest BCUT2D eigenvalue weighted by Gasteiger charge is -2.12. The van der Waals surface area contributed by atoms with Gasteiger partial charge in [-0.1, -0.05) is 36.4 Å². The van der Waals surface area contributed by atoms with E-state index in [2.05, 4.69) is 10.6 Å². The van der Waals surface area contributed by atoms with Gasteiger partial charge in [-0.15, -0.1) is 0 Å². The molecule has 0 saturated heterocycles. The summed E-state index contributed by atoms with van der Waals surface area (Å²) in [6.45, 7) is -1.09. The minimum atomic E-state index is -1.09. The van der Waals surface area contributed by atoms with Crippen molar-refractivity contribution in [2.75, 3.05) is 17.3 Å². The number of carbonyl (C=O) groups excluding carboxylic acids is 2. The van der Waals surface area contributed by atoms with Crippen LogP contribution in [0.5, 0.6) is 0 Å². The third-order valence-electron chi connectivity index (χ3n) is 4.57. The molecule has 0 saturated carbocycles. The summed E-state index contributed by atoms with van der Waals surface area (Å²) < 4.78 is 14.5. The van der Waals surface area contributed by atoms with E-state index in [9.17, 15) is 14.0 Å². The molecule has 0 aliphatic rings. The lowest BCUT2D eigenvalue weighted by molar-refractivity contribution is -0.117. The molecule has 2 amide bonds. The van der Waals surface area contributed by atoms with Crippen molar-refractivity contribution >= 4 is 28.7 Å². The van der Waals surface area contributed by atoms with Gasteiger partial charge in [-0.05, 0) is 42.0 Å². The highest BCUT2D eigenvalue weighted by Crippen LogP contribution is 2.30. The zero-order valence-corrected chi connectivity index (χ0v) is 15.4. The number of benzene rings is 2. The van der Waals surface area contributed by atoms with Gasteiger partial charge in [-0.25, -0.2) is 4.39 Å². The predicted molar refractivity (Wildman–Crippen MR) is 112 cm³/mol. The number of hydrogen-bond acceptors (Lipinski definition) is 2. The van der Waals surface area contributed by atoms with E-state index in [1.54, 1.807) is 24.3 Å². The number of alkyl halides is 1. The highest BCUT2D eigenvalue weighted by molar-refractivity contribution is 6.09. The van der Waals surface area contributed by atoms with E-state index in [0.717, 1.165) is 16.6 Å². The number of fused-ring (bicyclic) bond motifs is 1. The average Bonchev–Trinajstić information content (AvgIpc) is 3.18. The van der Waals surface area contributed by atoms with Crippen molar-refractivity contribution < 1.29 is 14.0 Å². The summed E-state index contributed by atoms with van der Waals surface area (Å²) in [7, 11) is 0. The van der Waals surface area contributed by atoms with Crippen LogP contribution in [-0.4, -0.2) is 22.9 Å². The fraction of sp³-hybridized carbons (Fsp3) is 0.0435. The van der Waals surface area contributed by atoms with Crippen molar-refractivity contribution in [3.63, 3.8) is 0 Å². The van der Waals surface area contributed by atoms with Crippen LogP contribution in [0, 0.1) is 0 Å². The average molecular weight is 387 g/mol. The molecule has 0 unspecified atom stereocenters. The molecule has 6 heteroatoms. The van der Waals surface area contributed by atoms with E-state index in [1.807, 2.05) is 65.3 Å². The van der Waals surface area contributed by atoms with Crippen LogP contribution in [0.15, 0.2) is 85.2 Å². The van der Waals surface area contributed by atoms with Crippen LogP contribution in [0.3, 0.4) is 0 Å².